The Bertz CT molecular complexity index is 1050. The van der Waals surface area contributed by atoms with Gasteiger partial charge < -0.3 is 25.4 Å². The molecule has 0 radical (unpaired) electrons. The number of aliphatic hydroxyl groups is 1. The SMILES string of the molecule is Nc1ncnc2c1ncn2[C@@H]1O[C@H](CO[P+](=S)OP(=O)(O)OP(=O)(O)O)C(O)[C@@H]1F. The van der Waals surface area contributed by atoms with Crippen LogP contribution in [0.5, 0.6) is 0 Å². The van der Waals surface area contributed by atoms with Crippen LogP contribution < -0.4 is 5.73 Å². The van der Waals surface area contributed by atoms with Crippen molar-refractivity contribution in [3.8, 4) is 0 Å². The summed E-state index contributed by atoms with van der Waals surface area (Å²) in [5.41, 5.74) is 6.03. The van der Waals surface area contributed by atoms with Gasteiger partial charge in [-0.1, -0.05) is 0 Å². The standard InChI is InChI=1S/C10H13FN5O10P3S/c11-5-7(17)4(1-23-27(30)25-29(21,22)26-28(18,19)20)24-10(5)16-3-15-6-8(12)13-2-14-9(6)16/h2-5,7,10,17H,1H2,(H4-,12,13,14,18,19,20,21,22)/p+1/t4-,5+,7?,10-/m1/s1. The molecule has 30 heavy (non-hydrogen) atoms. The van der Waals surface area contributed by atoms with Crippen molar-refractivity contribution < 1.29 is 51.2 Å². The number of hydrogen-bond donors (Lipinski definition) is 5. The average molecular weight is 508 g/mol. The molecule has 15 nitrogen and oxygen atoms in total. The van der Waals surface area contributed by atoms with E-state index in [9.17, 15) is 23.5 Å². The van der Waals surface area contributed by atoms with Gasteiger partial charge in [0.05, 0.1) is 6.33 Å². The number of hydrogen-bond acceptors (Lipinski definition) is 12. The number of imidazole rings is 1. The van der Waals surface area contributed by atoms with Gasteiger partial charge in [0.2, 0.25) is 11.8 Å². The number of nitrogens with two attached hydrogens (primary N) is 1. The number of nitrogens with zero attached hydrogens (tertiary/aromatic N) is 4. The van der Waals surface area contributed by atoms with Crippen LogP contribution in [0.25, 0.3) is 11.2 Å². The van der Waals surface area contributed by atoms with Gasteiger partial charge in [-0.2, -0.15) is 4.31 Å². The van der Waals surface area contributed by atoms with Gasteiger partial charge in [-0.3, -0.25) is 9.46 Å². The summed E-state index contributed by atoms with van der Waals surface area (Å²) in [6.45, 7) is -0.576. The maximum atomic E-state index is 14.6. The Morgan fingerprint density at radius 1 is 1.33 bits per heavy atom. The lowest BCUT2D eigenvalue weighted by molar-refractivity contribution is -0.0403. The zero-order chi connectivity index (χ0) is 22.3. The molecule has 3 heterocycles. The van der Waals surface area contributed by atoms with Crippen LogP contribution in [-0.2, 0) is 38.8 Å². The molecule has 1 aliphatic rings. The van der Waals surface area contributed by atoms with Gasteiger partial charge in [0.25, 0.3) is 0 Å². The number of halogens is 1. The van der Waals surface area contributed by atoms with Crippen LogP contribution in [0.15, 0.2) is 12.7 Å². The molecule has 0 bridgehead atoms. The fraction of sp³-hybridized carbons (Fsp3) is 0.500. The first kappa shape index (κ1) is 23.6. The van der Waals surface area contributed by atoms with Crippen LogP contribution in [0.3, 0.4) is 0 Å². The quantitative estimate of drug-likeness (QED) is 0.297. The highest BCUT2D eigenvalue weighted by Crippen LogP contribution is 2.62. The molecular weight excluding hydrogens is 494 g/mol. The van der Waals surface area contributed by atoms with E-state index in [-0.39, 0.29) is 17.0 Å². The van der Waals surface area contributed by atoms with E-state index < -0.39 is 54.0 Å². The molecule has 3 rings (SSSR count). The summed E-state index contributed by atoms with van der Waals surface area (Å²) in [6.07, 6.45) is -3.91. The van der Waals surface area contributed by atoms with Crippen molar-refractivity contribution in [1.29, 1.82) is 0 Å². The maximum absolute atomic E-state index is 14.6. The Morgan fingerprint density at radius 2 is 2.03 bits per heavy atom. The van der Waals surface area contributed by atoms with E-state index in [0.717, 1.165) is 6.33 Å². The molecule has 2 aromatic heterocycles. The molecule has 0 aliphatic carbocycles. The molecule has 1 fully saturated rings. The highest BCUT2D eigenvalue weighted by atomic mass is 32.4. The number of aromatic nitrogens is 4. The first-order valence-corrected chi connectivity index (χ1v) is 12.9. The molecule has 6 atom stereocenters. The predicted octanol–water partition coefficient (Wildman–Crippen LogP) is 0.0216. The van der Waals surface area contributed by atoms with Crippen LogP contribution in [-0.4, -0.2) is 64.3 Å². The molecule has 20 heteroatoms. The molecular formula is C10H14FN5O10P3S+. The summed E-state index contributed by atoms with van der Waals surface area (Å²) in [7, 11) is -13.2. The molecule has 0 spiro atoms. The zero-order valence-corrected chi connectivity index (χ0v) is 17.9. The molecule has 166 valence electrons. The largest absolute Gasteiger partial charge is 0.532 e. The monoisotopic (exact) mass is 508 g/mol. The molecule has 0 aromatic carbocycles. The molecule has 0 amide bonds. The number of phosphoric acid groups is 2. The molecule has 0 saturated carbocycles. The Balaban J connectivity index is 1.64. The minimum atomic E-state index is -5.33. The van der Waals surface area contributed by atoms with Gasteiger partial charge in [0.1, 0.15) is 30.7 Å². The maximum Gasteiger partial charge on any atom is 0.532 e. The van der Waals surface area contributed by atoms with Crippen molar-refractivity contribution >= 4 is 51.6 Å². The third-order valence-electron chi connectivity index (χ3n) is 3.68. The van der Waals surface area contributed by atoms with Crippen molar-refractivity contribution in [3.05, 3.63) is 12.7 Å². The average Bonchev–Trinajstić information content (AvgIpc) is 3.14. The summed E-state index contributed by atoms with van der Waals surface area (Å²) < 4.78 is 56.1. The van der Waals surface area contributed by atoms with Crippen LogP contribution in [0, 0.1) is 0 Å². The lowest BCUT2D eigenvalue weighted by Gasteiger charge is -2.14. The summed E-state index contributed by atoms with van der Waals surface area (Å²) in [6, 6.07) is 0. The minimum Gasteiger partial charge on any atom is -0.387 e. The number of aliphatic hydroxyl groups excluding tert-OH is 1. The first-order valence-electron chi connectivity index (χ1n) is 7.68. The van der Waals surface area contributed by atoms with E-state index in [1.807, 2.05) is 0 Å². The Labute approximate surface area is 172 Å². The normalized spacial score (nSPS) is 27.3. The first-order chi connectivity index (χ1) is 13.9. The Hall–Kier alpha value is -1.06. The van der Waals surface area contributed by atoms with E-state index in [4.69, 9.17) is 24.8 Å². The lowest BCUT2D eigenvalue weighted by Crippen LogP contribution is -2.31. The highest BCUT2D eigenvalue weighted by molar-refractivity contribution is 8.02. The number of nitrogen functional groups attached to an aromatic ring is 1. The topological polar surface area (TPSA) is 222 Å². The second kappa shape index (κ2) is 8.82. The summed E-state index contributed by atoms with van der Waals surface area (Å²) in [5, 5.41) is 10.1. The van der Waals surface area contributed by atoms with Gasteiger partial charge in [-0.15, -0.1) is 4.52 Å². The molecule has 6 N–H and O–H groups in total. The minimum absolute atomic E-state index is 0.0624. The van der Waals surface area contributed by atoms with Crippen molar-refractivity contribution in [3.63, 3.8) is 0 Å². The van der Waals surface area contributed by atoms with E-state index in [1.54, 1.807) is 0 Å². The molecule has 1 saturated heterocycles. The second-order valence-electron chi connectivity index (χ2n) is 5.72. The third-order valence-corrected chi connectivity index (χ3v) is 7.99. The summed E-state index contributed by atoms with van der Waals surface area (Å²) in [5.74, 6) is 0.0624. The number of rotatable bonds is 8. The van der Waals surface area contributed by atoms with Crippen LogP contribution in [0.2, 0.25) is 0 Å². The Morgan fingerprint density at radius 3 is 2.70 bits per heavy atom. The number of anilines is 1. The number of alkyl halides is 1. The number of fused-ring (bicyclic) bond motifs is 1. The highest BCUT2D eigenvalue weighted by Gasteiger charge is 2.48. The van der Waals surface area contributed by atoms with Crippen molar-refractivity contribution in [2.75, 3.05) is 12.3 Å². The second-order valence-corrected chi connectivity index (χ2v) is 10.5. The van der Waals surface area contributed by atoms with Crippen molar-refractivity contribution in [2.45, 2.75) is 24.6 Å². The van der Waals surface area contributed by atoms with Gasteiger partial charge in [-0.25, -0.2) is 28.5 Å². The van der Waals surface area contributed by atoms with E-state index in [0.29, 0.717) is 0 Å². The fourth-order valence-electron chi connectivity index (χ4n) is 2.51. The van der Waals surface area contributed by atoms with E-state index in [2.05, 4.69) is 35.4 Å². The van der Waals surface area contributed by atoms with Crippen LogP contribution in [0.1, 0.15) is 6.23 Å². The molecule has 3 unspecified atom stereocenters. The van der Waals surface area contributed by atoms with Crippen LogP contribution >= 0.6 is 22.8 Å². The van der Waals surface area contributed by atoms with Gasteiger partial charge in [0, 0.05) is 0 Å². The summed E-state index contributed by atoms with van der Waals surface area (Å²) in [4.78, 5) is 38.0. The zero-order valence-electron chi connectivity index (χ0n) is 14.4. The third kappa shape index (κ3) is 5.40. The van der Waals surface area contributed by atoms with Gasteiger partial charge in [-0.05, 0) is 4.31 Å². The number of ether oxygens (including phenoxy) is 1. The van der Waals surface area contributed by atoms with Crippen molar-refractivity contribution in [2.24, 2.45) is 0 Å². The van der Waals surface area contributed by atoms with E-state index >= 15 is 0 Å². The van der Waals surface area contributed by atoms with Crippen molar-refractivity contribution in [1.82, 2.24) is 19.5 Å². The Kier molecular flexibility index (Phi) is 6.94. The predicted molar refractivity (Wildman–Crippen MR) is 98.8 cm³/mol. The fourth-order valence-corrected chi connectivity index (χ4v) is 6.05. The summed E-state index contributed by atoms with van der Waals surface area (Å²) >= 11 is 4.64. The van der Waals surface area contributed by atoms with Crippen LogP contribution in [0.4, 0.5) is 10.2 Å². The lowest BCUT2D eigenvalue weighted by atomic mass is 10.1. The molecule has 2 aromatic rings. The molecule has 1 aliphatic heterocycles. The van der Waals surface area contributed by atoms with Gasteiger partial charge in [0.15, 0.2) is 23.9 Å². The smallest absolute Gasteiger partial charge is 0.387 e. The van der Waals surface area contributed by atoms with Gasteiger partial charge >= 0.3 is 22.8 Å². The van der Waals surface area contributed by atoms with E-state index in [1.165, 1.54) is 10.9 Å².